The van der Waals surface area contributed by atoms with Gasteiger partial charge in [-0.2, -0.15) is 0 Å². The summed E-state index contributed by atoms with van der Waals surface area (Å²) in [7, 11) is -3.81. The van der Waals surface area contributed by atoms with E-state index < -0.39 is 27.8 Å². The van der Waals surface area contributed by atoms with Gasteiger partial charge in [0, 0.05) is 5.69 Å². The Bertz CT molecular complexity index is 867. The highest BCUT2D eigenvalue weighted by molar-refractivity contribution is 7.89. The van der Waals surface area contributed by atoms with Crippen molar-refractivity contribution in [1.29, 1.82) is 0 Å². The van der Waals surface area contributed by atoms with Crippen molar-refractivity contribution in [2.45, 2.75) is 11.3 Å². The number of hydrogen-bond acceptors (Lipinski definition) is 4. The molecule has 0 aliphatic carbocycles. The van der Waals surface area contributed by atoms with Crippen LogP contribution in [0.15, 0.2) is 53.4 Å². The van der Waals surface area contributed by atoms with Crippen LogP contribution in [0.5, 0.6) is 0 Å². The Hall–Kier alpha value is -2.98. The Morgan fingerprint density at radius 1 is 0.960 bits per heavy atom. The molecule has 3 amide bonds. The molecule has 0 spiro atoms. The van der Waals surface area contributed by atoms with Crippen LogP contribution in [0.25, 0.3) is 0 Å². The Morgan fingerprint density at radius 2 is 1.56 bits per heavy atom. The van der Waals surface area contributed by atoms with Crippen molar-refractivity contribution in [1.82, 2.24) is 10.9 Å². The first-order valence-corrected chi connectivity index (χ1v) is 8.52. The second-order valence-corrected chi connectivity index (χ2v) is 6.56. The largest absolute Gasteiger partial charge is 0.337 e. The number of carbonyl (C=O) groups is 2. The SMILES string of the molecule is NS(=O)(=O)c1ccc(NC(=O)NNC(=O)Cc2ccc(F)cc2)cc1. The van der Waals surface area contributed by atoms with Gasteiger partial charge < -0.3 is 5.32 Å². The van der Waals surface area contributed by atoms with E-state index >= 15 is 0 Å². The summed E-state index contributed by atoms with van der Waals surface area (Å²) in [6.45, 7) is 0. The minimum absolute atomic E-state index is 0.0381. The van der Waals surface area contributed by atoms with Gasteiger partial charge in [-0.3, -0.25) is 10.2 Å². The lowest BCUT2D eigenvalue weighted by Crippen LogP contribution is -2.44. The van der Waals surface area contributed by atoms with Gasteiger partial charge in [-0.05, 0) is 42.0 Å². The predicted octanol–water partition coefficient (Wildman–Crippen LogP) is 0.869. The van der Waals surface area contributed by atoms with E-state index in [-0.39, 0.29) is 11.3 Å². The van der Waals surface area contributed by atoms with E-state index in [1.807, 2.05) is 0 Å². The van der Waals surface area contributed by atoms with Crippen LogP contribution in [-0.4, -0.2) is 20.4 Å². The Labute approximate surface area is 143 Å². The van der Waals surface area contributed by atoms with E-state index in [1.54, 1.807) is 0 Å². The van der Waals surface area contributed by atoms with Crippen molar-refractivity contribution in [2.75, 3.05) is 5.32 Å². The molecule has 2 aromatic carbocycles. The van der Waals surface area contributed by atoms with Crippen molar-refractivity contribution in [3.05, 3.63) is 59.9 Å². The number of halogens is 1. The van der Waals surface area contributed by atoms with E-state index in [1.165, 1.54) is 48.5 Å². The Kier molecular flexibility index (Phi) is 5.67. The van der Waals surface area contributed by atoms with Crippen molar-refractivity contribution in [3.63, 3.8) is 0 Å². The van der Waals surface area contributed by atoms with Crippen LogP contribution in [0, 0.1) is 5.82 Å². The summed E-state index contributed by atoms with van der Waals surface area (Å²) in [5.41, 5.74) is 5.22. The summed E-state index contributed by atoms with van der Waals surface area (Å²) in [5, 5.41) is 7.36. The number of hydrazine groups is 1. The standard InChI is InChI=1S/C15H15FN4O4S/c16-11-3-1-10(2-4-11)9-14(21)19-20-15(22)18-12-5-7-13(8-6-12)25(17,23)24/h1-8H,9H2,(H,19,21)(H2,17,23,24)(H2,18,20,22). The number of benzene rings is 2. The summed E-state index contributed by atoms with van der Waals surface area (Å²) in [5.74, 6) is -0.901. The van der Waals surface area contributed by atoms with Crippen LogP contribution in [0.3, 0.4) is 0 Å². The normalized spacial score (nSPS) is 10.8. The first-order chi connectivity index (χ1) is 11.7. The number of carbonyl (C=O) groups excluding carboxylic acids is 2. The zero-order chi connectivity index (χ0) is 18.4. The fourth-order valence-corrected chi connectivity index (χ4v) is 2.36. The zero-order valence-corrected chi connectivity index (χ0v) is 13.6. The molecule has 0 saturated carbocycles. The van der Waals surface area contributed by atoms with Gasteiger partial charge in [0.1, 0.15) is 5.82 Å². The molecule has 0 saturated heterocycles. The average molecular weight is 366 g/mol. The molecule has 25 heavy (non-hydrogen) atoms. The van der Waals surface area contributed by atoms with Gasteiger partial charge >= 0.3 is 6.03 Å². The van der Waals surface area contributed by atoms with Crippen LogP contribution in [0.4, 0.5) is 14.9 Å². The monoisotopic (exact) mass is 366 g/mol. The van der Waals surface area contributed by atoms with Crippen LogP contribution in [0.1, 0.15) is 5.56 Å². The van der Waals surface area contributed by atoms with Crippen molar-refractivity contribution in [3.8, 4) is 0 Å². The molecule has 2 rings (SSSR count). The first-order valence-electron chi connectivity index (χ1n) is 6.97. The van der Waals surface area contributed by atoms with E-state index in [2.05, 4.69) is 16.2 Å². The van der Waals surface area contributed by atoms with Gasteiger partial charge in [0.05, 0.1) is 11.3 Å². The molecular formula is C15H15FN4O4S. The minimum atomic E-state index is -3.81. The lowest BCUT2D eigenvalue weighted by molar-refractivity contribution is -0.121. The average Bonchev–Trinajstić information content (AvgIpc) is 2.55. The third-order valence-electron chi connectivity index (χ3n) is 3.03. The minimum Gasteiger partial charge on any atom is -0.307 e. The lowest BCUT2D eigenvalue weighted by atomic mass is 10.1. The zero-order valence-electron chi connectivity index (χ0n) is 12.8. The highest BCUT2D eigenvalue weighted by Crippen LogP contribution is 2.12. The van der Waals surface area contributed by atoms with Crippen molar-refractivity contribution >= 4 is 27.6 Å². The van der Waals surface area contributed by atoms with Crippen LogP contribution in [-0.2, 0) is 21.2 Å². The summed E-state index contributed by atoms with van der Waals surface area (Å²) >= 11 is 0. The van der Waals surface area contributed by atoms with E-state index in [4.69, 9.17) is 5.14 Å². The van der Waals surface area contributed by atoms with Crippen molar-refractivity contribution in [2.24, 2.45) is 5.14 Å². The molecule has 5 N–H and O–H groups in total. The molecule has 10 heteroatoms. The third kappa shape index (κ3) is 5.86. The molecule has 0 bridgehead atoms. The summed E-state index contributed by atoms with van der Waals surface area (Å²) in [6, 6.07) is 9.82. The van der Waals surface area contributed by atoms with Gasteiger partial charge in [0.15, 0.2) is 0 Å². The summed E-state index contributed by atoms with van der Waals surface area (Å²) in [4.78, 5) is 23.3. The molecule has 0 aromatic heterocycles. The number of hydrogen-bond donors (Lipinski definition) is 4. The fraction of sp³-hybridized carbons (Fsp3) is 0.0667. The molecule has 0 atom stereocenters. The molecule has 2 aromatic rings. The molecule has 8 nitrogen and oxygen atoms in total. The fourth-order valence-electron chi connectivity index (χ4n) is 1.85. The highest BCUT2D eigenvalue weighted by Gasteiger charge is 2.09. The smallest absolute Gasteiger partial charge is 0.307 e. The van der Waals surface area contributed by atoms with Crippen LogP contribution < -0.4 is 21.3 Å². The van der Waals surface area contributed by atoms with Gasteiger partial charge in [-0.15, -0.1) is 0 Å². The molecule has 132 valence electrons. The van der Waals surface area contributed by atoms with Gasteiger partial charge in [-0.25, -0.2) is 28.2 Å². The number of sulfonamides is 1. The maximum absolute atomic E-state index is 12.8. The molecule has 0 aliphatic rings. The second kappa shape index (κ2) is 7.73. The molecule has 0 unspecified atom stereocenters. The number of anilines is 1. The molecule has 0 fully saturated rings. The highest BCUT2D eigenvalue weighted by atomic mass is 32.2. The number of urea groups is 1. The molecule has 0 radical (unpaired) electrons. The quantitative estimate of drug-likeness (QED) is 0.598. The van der Waals surface area contributed by atoms with Crippen LogP contribution >= 0.6 is 0 Å². The number of nitrogens with one attached hydrogen (secondary N) is 3. The third-order valence-corrected chi connectivity index (χ3v) is 3.96. The van der Waals surface area contributed by atoms with Crippen molar-refractivity contribution < 1.29 is 22.4 Å². The summed E-state index contributed by atoms with van der Waals surface area (Å²) < 4.78 is 35.0. The maximum Gasteiger partial charge on any atom is 0.337 e. The van der Waals surface area contributed by atoms with E-state index in [0.29, 0.717) is 11.3 Å². The van der Waals surface area contributed by atoms with Gasteiger partial charge in [0.25, 0.3) is 0 Å². The van der Waals surface area contributed by atoms with Gasteiger partial charge in [0.2, 0.25) is 15.9 Å². The Morgan fingerprint density at radius 3 is 2.12 bits per heavy atom. The maximum atomic E-state index is 12.8. The van der Waals surface area contributed by atoms with E-state index in [0.717, 1.165) is 0 Å². The lowest BCUT2D eigenvalue weighted by Gasteiger charge is -2.09. The predicted molar refractivity (Wildman–Crippen MR) is 88.2 cm³/mol. The first kappa shape index (κ1) is 18.4. The number of rotatable bonds is 4. The number of primary sulfonamides is 1. The molecule has 0 aliphatic heterocycles. The number of nitrogens with two attached hydrogens (primary N) is 1. The number of amides is 3. The summed E-state index contributed by atoms with van der Waals surface area (Å²) in [6.07, 6.45) is -0.0381. The second-order valence-electron chi connectivity index (χ2n) is 5.00. The van der Waals surface area contributed by atoms with Gasteiger partial charge in [-0.1, -0.05) is 12.1 Å². The topological polar surface area (TPSA) is 130 Å². The molecular weight excluding hydrogens is 351 g/mol. The Balaban J connectivity index is 1.82. The van der Waals surface area contributed by atoms with E-state index in [9.17, 15) is 22.4 Å². The molecule has 0 heterocycles. The van der Waals surface area contributed by atoms with Crippen LogP contribution in [0.2, 0.25) is 0 Å².